The van der Waals surface area contributed by atoms with Gasteiger partial charge in [0, 0.05) is 11.3 Å². The Hall–Kier alpha value is -1.12. The molecule has 0 radical (unpaired) electrons. The molecule has 0 spiro atoms. The van der Waals surface area contributed by atoms with Gasteiger partial charge >= 0.3 is 0 Å². The van der Waals surface area contributed by atoms with Gasteiger partial charge in [0.1, 0.15) is 0 Å². The van der Waals surface area contributed by atoms with Crippen LogP contribution < -0.4 is 0 Å². The molecule has 16 heavy (non-hydrogen) atoms. The lowest BCUT2D eigenvalue weighted by atomic mass is 10.0. The van der Waals surface area contributed by atoms with Gasteiger partial charge in [-0.1, -0.05) is 24.3 Å². The Kier molecular flexibility index (Phi) is 3.42. The Balaban J connectivity index is 2.17. The van der Waals surface area contributed by atoms with Crippen molar-refractivity contribution in [3.63, 3.8) is 0 Å². The Labute approximate surface area is 100 Å². The molecule has 0 amide bonds. The molecule has 0 aliphatic carbocycles. The normalized spacial score (nSPS) is 12.7. The molecule has 1 atom stereocenters. The first-order valence-corrected chi connectivity index (χ1v) is 6.33. The average Bonchev–Trinajstić information content (AvgIpc) is 2.68. The van der Waals surface area contributed by atoms with Gasteiger partial charge in [0.15, 0.2) is 0 Å². The number of hydrogen-bond acceptors (Lipinski definition) is 2. The molecule has 0 fully saturated rings. The van der Waals surface area contributed by atoms with E-state index in [9.17, 15) is 5.11 Å². The quantitative estimate of drug-likeness (QED) is 0.856. The summed E-state index contributed by atoms with van der Waals surface area (Å²) in [5.41, 5.74) is 3.66. The highest BCUT2D eigenvalue weighted by atomic mass is 32.1. The van der Waals surface area contributed by atoms with Gasteiger partial charge in [-0.25, -0.2) is 0 Å². The second-order valence-electron chi connectivity index (χ2n) is 4.11. The lowest BCUT2D eigenvalue weighted by Gasteiger charge is -2.12. The Morgan fingerprint density at radius 2 is 1.88 bits per heavy atom. The van der Waals surface area contributed by atoms with Crippen LogP contribution in [0, 0.1) is 13.8 Å². The summed E-state index contributed by atoms with van der Waals surface area (Å²) in [7, 11) is 0. The predicted octanol–water partition coefficient (Wildman–Crippen LogP) is 3.64. The Bertz CT molecular complexity index is 473. The number of aliphatic hydroxyl groups is 1. The molecule has 1 heterocycles. The van der Waals surface area contributed by atoms with Crippen LogP contribution in [0.2, 0.25) is 0 Å². The third-order valence-corrected chi connectivity index (χ3v) is 4.00. The highest BCUT2D eigenvalue weighted by molar-refractivity contribution is 7.10. The molecule has 1 aromatic heterocycles. The van der Waals surface area contributed by atoms with Gasteiger partial charge < -0.3 is 5.11 Å². The zero-order valence-corrected chi connectivity index (χ0v) is 10.4. The first kappa shape index (κ1) is 11.4. The van der Waals surface area contributed by atoms with Gasteiger partial charge in [0.2, 0.25) is 0 Å². The first-order valence-electron chi connectivity index (χ1n) is 5.45. The summed E-state index contributed by atoms with van der Waals surface area (Å²) in [5, 5.41) is 12.2. The molecule has 0 saturated heterocycles. The van der Waals surface area contributed by atoms with Crippen LogP contribution in [0.5, 0.6) is 0 Å². The topological polar surface area (TPSA) is 20.2 Å². The van der Waals surface area contributed by atoms with E-state index >= 15 is 0 Å². The summed E-state index contributed by atoms with van der Waals surface area (Å²) in [6.45, 7) is 4.14. The predicted molar refractivity (Wildman–Crippen MR) is 68.9 cm³/mol. The minimum atomic E-state index is -0.374. The van der Waals surface area contributed by atoms with Crippen molar-refractivity contribution >= 4 is 11.3 Å². The second-order valence-corrected chi connectivity index (χ2v) is 5.06. The lowest BCUT2D eigenvalue weighted by Crippen LogP contribution is -2.02. The molecule has 1 N–H and O–H groups in total. The van der Waals surface area contributed by atoms with Gasteiger partial charge in [-0.05, 0) is 42.0 Å². The lowest BCUT2D eigenvalue weighted by molar-refractivity contribution is 0.181. The molecular weight excluding hydrogens is 216 g/mol. The fourth-order valence-corrected chi connectivity index (χ4v) is 2.78. The van der Waals surface area contributed by atoms with Gasteiger partial charge in [-0.2, -0.15) is 0 Å². The van der Waals surface area contributed by atoms with Crippen LogP contribution in [0.4, 0.5) is 0 Å². The van der Waals surface area contributed by atoms with Crippen molar-refractivity contribution < 1.29 is 5.11 Å². The van der Waals surface area contributed by atoms with Crippen LogP contribution in [-0.2, 0) is 6.42 Å². The van der Waals surface area contributed by atoms with Gasteiger partial charge in [-0.3, -0.25) is 0 Å². The fraction of sp³-hybridized carbons (Fsp3) is 0.286. The standard InChI is InChI=1S/C14H16OS/c1-10-5-3-4-6-12(10)9-13(15)14-11(2)7-8-16-14/h3-8,13,15H,9H2,1-2H3. The molecule has 0 bridgehead atoms. The molecule has 0 aliphatic rings. The van der Waals surface area contributed by atoms with E-state index in [4.69, 9.17) is 0 Å². The van der Waals surface area contributed by atoms with Crippen molar-refractivity contribution in [3.8, 4) is 0 Å². The minimum absolute atomic E-state index is 0.374. The molecule has 84 valence electrons. The van der Waals surface area contributed by atoms with Crippen molar-refractivity contribution in [1.82, 2.24) is 0 Å². The molecule has 1 aromatic carbocycles. The summed E-state index contributed by atoms with van der Waals surface area (Å²) >= 11 is 1.63. The number of hydrogen-bond donors (Lipinski definition) is 1. The number of thiophene rings is 1. The van der Waals surface area contributed by atoms with Gasteiger partial charge in [-0.15, -0.1) is 11.3 Å². The van der Waals surface area contributed by atoms with E-state index in [0.717, 1.165) is 4.88 Å². The van der Waals surface area contributed by atoms with Crippen molar-refractivity contribution in [2.24, 2.45) is 0 Å². The van der Waals surface area contributed by atoms with E-state index in [1.807, 2.05) is 24.4 Å². The first-order chi connectivity index (χ1) is 7.68. The summed E-state index contributed by atoms with van der Waals surface area (Å²) in [6.07, 6.45) is 0.328. The molecule has 1 nitrogen and oxygen atoms in total. The Morgan fingerprint density at radius 1 is 1.12 bits per heavy atom. The summed E-state index contributed by atoms with van der Waals surface area (Å²) in [4.78, 5) is 1.09. The van der Waals surface area contributed by atoms with E-state index < -0.39 is 0 Å². The van der Waals surface area contributed by atoms with E-state index in [2.05, 4.69) is 25.1 Å². The summed E-state index contributed by atoms with van der Waals surface area (Å²) in [5.74, 6) is 0. The Morgan fingerprint density at radius 3 is 2.50 bits per heavy atom. The largest absolute Gasteiger partial charge is 0.387 e. The highest BCUT2D eigenvalue weighted by Crippen LogP contribution is 2.27. The molecular formula is C14H16OS. The van der Waals surface area contributed by atoms with Gasteiger partial charge in [0.25, 0.3) is 0 Å². The molecule has 2 aromatic rings. The van der Waals surface area contributed by atoms with Crippen molar-refractivity contribution in [1.29, 1.82) is 0 Å². The summed E-state index contributed by atoms with van der Waals surface area (Å²) in [6, 6.07) is 10.3. The number of benzene rings is 1. The molecule has 1 unspecified atom stereocenters. The van der Waals surface area contributed by atoms with Crippen LogP contribution in [0.1, 0.15) is 27.7 Å². The second kappa shape index (κ2) is 4.81. The maximum atomic E-state index is 10.2. The molecule has 0 aliphatic heterocycles. The molecule has 2 heteroatoms. The molecule has 0 saturated carbocycles. The van der Waals surface area contributed by atoms with E-state index in [0.29, 0.717) is 6.42 Å². The fourth-order valence-electron chi connectivity index (χ4n) is 1.87. The van der Waals surface area contributed by atoms with Crippen LogP contribution in [-0.4, -0.2) is 5.11 Å². The van der Waals surface area contributed by atoms with Gasteiger partial charge in [0.05, 0.1) is 6.10 Å². The third kappa shape index (κ3) is 2.34. The monoisotopic (exact) mass is 232 g/mol. The number of aliphatic hydroxyl groups excluding tert-OH is 1. The van der Waals surface area contributed by atoms with Crippen LogP contribution in [0.3, 0.4) is 0 Å². The minimum Gasteiger partial charge on any atom is -0.387 e. The average molecular weight is 232 g/mol. The van der Waals surface area contributed by atoms with Crippen molar-refractivity contribution in [2.45, 2.75) is 26.4 Å². The smallest absolute Gasteiger partial charge is 0.0924 e. The van der Waals surface area contributed by atoms with Crippen molar-refractivity contribution in [2.75, 3.05) is 0 Å². The number of aryl methyl sites for hydroxylation is 2. The maximum Gasteiger partial charge on any atom is 0.0924 e. The van der Waals surface area contributed by atoms with E-state index in [-0.39, 0.29) is 6.10 Å². The zero-order chi connectivity index (χ0) is 11.5. The van der Waals surface area contributed by atoms with Crippen LogP contribution in [0.15, 0.2) is 35.7 Å². The van der Waals surface area contributed by atoms with Crippen LogP contribution in [0.25, 0.3) is 0 Å². The van der Waals surface area contributed by atoms with Crippen molar-refractivity contribution in [3.05, 3.63) is 57.3 Å². The maximum absolute atomic E-state index is 10.2. The SMILES string of the molecule is Cc1ccccc1CC(O)c1sccc1C. The van der Waals surface area contributed by atoms with E-state index in [1.54, 1.807) is 11.3 Å². The third-order valence-electron chi connectivity index (χ3n) is 2.88. The number of rotatable bonds is 3. The zero-order valence-electron chi connectivity index (χ0n) is 9.60. The van der Waals surface area contributed by atoms with E-state index in [1.165, 1.54) is 16.7 Å². The summed E-state index contributed by atoms with van der Waals surface area (Å²) < 4.78 is 0. The molecule has 2 rings (SSSR count). The highest BCUT2D eigenvalue weighted by Gasteiger charge is 2.13. The van der Waals surface area contributed by atoms with Crippen LogP contribution >= 0.6 is 11.3 Å².